The molecule has 3 rings (SSSR count). The molecule has 1 aliphatic rings. The van der Waals surface area contributed by atoms with Gasteiger partial charge in [-0.05, 0) is 57.2 Å². The maximum Gasteiger partial charge on any atom is 0.341 e. The molecule has 0 saturated carbocycles. The van der Waals surface area contributed by atoms with Crippen molar-refractivity contribution in [3.8, 4) is 0 Å². The Morgan fingerprint density at radius 2 is 1.86 bits per heavy atom. The molecule has 0 radical (unpaired) electrons. The third-order valence-corrected chi connectivity index (χ3v) is 6.12. The van der Waals surface area contributed by atoms with E-state index in [0.29, 0.717) is 22.5 Å². The summed E-state index contributed by atoms with van der Waals surface area (Å²) in [5.74, 6) is -1.67. The van der Waals surface area contributed by atoms with Crippen LogP contribution in [-0.2, 0) is 20.7 Å². The molecule has 0 spiro atoms. The van der Waals surface area contributed by atoms with E-state index in [9.17, 15) is 14.4 Å². The van der Waals surface area contributed by atoms with Crippen LogP contribution in [0.15, 0.2) is 24.3 Å². The van der Waals surface area contributed by atoms with Gasteiger partial charge < -0.3 is 14.8 Å². The van der Waals surface area contributed by atoms with Gasteiger partial charge in [0.1, 0.15) is 5.00 Å². The molecule has 1 aromatic carbocycles. The zero-order valence-corrected chi connectivity index (χ0v) is 17.7. The number of aryl methyl sites for hydroxylation is 2. The van der Waals surface area contributed by atoms with Crippen LogP contribution in [0.4, 0.5) is 5.00 Å². The SMILES string of the molecule is CCOC(=O)c1c(NC(=O)c2ccccc2C)sc2c1C(C(=O)OCC)CCC2. The second-order valence-electron chi connectivity index (χ2n) is 6.83. The summed E-state index contributed by atoms with van der Waals surface area (Å²) >= 11 is 1.34. The zero-order valence-electron chi connectivity index (χ0n) is 16.9. The van der Waals surface area contributed by atoms with E-state index in [1.54, 1.807) is 26.0 Å². The maximum atomic E-state index is 12.9. The molecule has 29 heavy (non-hydrogen) atoms. The topological polar surface area (TPSA) is 81.7 Å². The number of anilines is 1. The number of nitrogens with one attached hydrogen (secondary N) is 1. The Bertz CT molecular complexity index is 933. The number of hydrogen-bond donors (Lipinski definition) is 1. The van der Waals surface area contributed by atoms with Gasteiger partial charge in [-0.1, -0.05) is 18.2 Å². The second-order valence-corrected chi connectivity index (χ2v) is 7.93. The molecule has 154 valence electrons. The van der Waals surface area contributed by atoms with Gasteiger partial charge in [0.15, 0.2) is 0 Å². The number of benzene rings is 1. The molecule has 1 aliphatic carbocycles. The number of carbonyl (C=O) groups is 3. The number of esters is 2. The van der Waals surface area contributed by atoms with Gasteiger partial charge in [0.25, 0.3) is 5.91 Å². The second kappa shape index (κ2) is 9.22. The van der Waals surface area contributed by atoms with E-state index in [2.05, 4.69) is 5.32 Å². The van der Waals surface area contributed by atoms with Gasteiger partial charge in [-0.3, -0.25) is 9.59 Å². The summed E-state index contributed by atoms with van der Waals surface area (Å²) in [5.41, 5.74) is 2.31. The fraction of sp³-hybridized carbons (Fsp3) is 0.409. The predicted octanol–water partition coefficient (Wildman–Crippen LogP) is 4.47. The Morgan fingerprint density at radius 3 is 2.55 bits per heavy atom. The highest BCUT2D eigenvalue weighted by molar-refractivity contribution is 7.17. The van der Waals surface area contributed by atoms with E-state index in [-0.39, 0.29) is 30.7 Å². The van der Waals surface area contributed by atoms with Crippen LogP contribution in [0.5, 0.6) is 0 Å². The molecule has 0 aliphatic heterocycles. The van der Waals surface area contributed by atoms with Crippen LogP contribution in [0.2, 0.25) is 0 Å². The van der Waals surface area contributed by atoms with Crippen LogP contribution in [0.3, 0.4) is 0 Å². The quantitative estimate of drug-likeness (QED) is 0.704. The van der Waals surface area contributed by atoms with Crippen molar-refractivity contribution in [2.75, 3.05) is 18.5 Å². The van der Waals surface area contributed by atoms with Gasteiger partial charge in [-0.25, -0.2) is 4.79 Å². The van der Waals surface area contributed by atoms with Gasteiger partial charge in [0.2, 0.25) is 0 Å². The molecule has 1 N–H and O–H groups in total. The predicted molar refractivity (Wildman–Crippen MR) is 112 cm³/mol. The summed E-state index contributed by atoms with van der Waals surface area (Å²) in [7, 11) is 0. The highest BCUT2D eigenvalue weighted by Gasteiger charge is 2.37. The first-order chi connectivity index (χ1) is 14.0. The molecular weight excluding hydrogens is 390 g/mol. The third-order valence-electron chi connectivity index (χ3n) is 4.93. The molecule has 1 atom stereocenters. The minimum absolute atomic E-state index is 0.207. The smallest absolute Gasteiger partial charge is 0.341 e. The number of thiophene rings is 1. The highest BCUT2D eigenvalue weighted by Crippen LogP contribution is 2.44. The van der Waals surface area contributed by atoms with Crippen molar-refractivity contribution in [1.82, 2.24) is 0 Å². The van der Waals surface area contributed by atoms with Crippen molar-refractivity contribution in [3.63, 3.8) is 0 Å². The number of fused-ring (bicyclic) bond motifs is 1. The van der Waals surface area contributed by atoms with E-state index < -0.39 is 11.9 Å². The molecular formula is C22H25NO5S. The molecule has 1 unspecified atom stereocenters. The first-order valence-corrected chi connectivity index (χ1v) is 10.7. The number of amides is 1. The molecule has 1 amide bonds. The van der Waals surface area contributed by atoms with E-state index in [4.69, 9.17) is 9.47 Å². The summed E-state index contributed by atoms with van der Waals surface area (Å²) in [5, 5.41) is 3.31. The molecule has 0 fully saturated rings. The summed E-state index contributed by atoms with van der Waals surface area (Å²) in [4.78, 5) is 39.1. The van der Waals surface area contributed by atoms with Gasteiger partial charge in [0, 0.05) is 10.4 Å². The lowest BCUT2D eigenvalue weighted by Crippen LogP contribution is -2.23. The normalized spacial score (nSPS) is 15.3. The lowest BCUT2D eigenvalue weighted by Gasteiger charge is -2.22. The van der Waals surface area contributed by atoms with Crippen molar-refractivity contribution < 1.29 is 23.9 Å². The van der Waals surface area contributed by atoms with Gasteiger partial charge in [-0.2, -0.15) is 0 Å². The van der Waals surface area contributed by atoms with Gasteiger partial charge >= 0.3 is 11.9 Å². The average molecular weight is 416 g/mol. The summed E-state index contributed by atoms with van der Waals surface area (Å²) in [6, 6.07) is 7.26. The van der Waals surface area contributed by atoms with Crippen LogP contribution in [0.25, 0.3) is 0 Å². The van der Waals surface area contributed by atoms with Crippen molar-refractivity contribution >= 4 is 34.2 Å². The van der Waals surface area contributed by atoms with Crippen molar-refractivity contribution in [2.24, 2.45) is 0 Å². The summed E-state index contributed by atoms with van der Waals surface area (Å²) in [6.07, 6.45) is 2.19. The largest absolute Gasteiger partial charge is 0.466 e. The number of carbonyl (C=O) groups excluding carboxylic acids is 3. The molecule has 1 aromatic heterocycles. The van der Waals surface area contributed by atoms with E-state index in [0.717, 1.165) is 23.3 Å². The first-order valence-electron chi connectivity index (χ1n) is 9.84. The molecule has 6 nitrogen and oxygen atoms in total. The van der Waals surface area contributed by atoms with Crippen LogP contribution < -0.4 is 5.32 Å². The fourth-order valence-corrected chi connectivity index (χ4v) is 4.91. The van der Waals surface area contributed by atoms with Gasteiger partial charge in [0.05, 0.1) is 24.7 Å². The Balaban J connectivity index is 2.03. The minimum atomic E-state index is -0.527. The zero-order chi connectivity index (χ0) is 21.0. The Labute approximate surface area is 174 Å². The van der Waals surface area contributed by atoms with E-state index in [1.165, 1.54) is 11.3 Å². The van der Waals surface area contributed by atoms with Crippen LogP contribution in [0.1, 0.15) is 69.3 Å². The lowest BCUT2D eigenvalue weighted by atomic mass is 9.85. The summed E-state index contributed by atoms with van der Waals surface area (Å²) < 4.78 is 10.5. The number of ether oxygens (including phenoxy) is 2. The molecule has 1 heterocycles. The van der Waals surface area contributed by atoms with Crippen molar-refractivity contribution in [3.05, 3.63) is 51.4 Å². The standard InChI is InChI=1S/C22H25NO5S/c1-4-27-21(25)15-11-8-12-16-17(15)18(22(26)28-5-2)20(29-16)23-19(24)14-10-7-6-9-13(14)3/h6-7,9-10,15H,4-5,8,11-12H2,1-3H3,(H,23,24). The lowest BCUT2D eigenvalue weighted by molar-refractivity contribution is -0.145. The van der Waals surface area contributed by atoms with Crippen molar-refractivity contribution in [2.45, 2.75) is 46.0 Å². The molecule has 2 aromatic rings. The minimum Gasteiger partial charge on any atom is -0.466 e. The highest BCUT2D eigenvalue weighted by atomic mass is 32.1. The molecule has 0 saturated heterocycles. The van der Waals surface area contributed by atoms with Gasteiger partial charge in [-0.15, -0.1) is 11.3 Å². The fourth-order valence-electron chi connectivity index (χ4n) is 3.63. The number of rotatable bonds is 6. The number of hydrogen-bond acceptors (Lipinski definition) is 6. The van der Waals surface area contributed by atoms with Crippen LogP contribution >= 0.6 is 11.3 Å². The monoisotopic (exact) mass is 415 g/mol. The van der Waals surface area contributed by atoms with Crippen LogP contribution in [0, 0.1) is 6.92 Å². The maximum absolute atomic E-state index is 12.9. The van der Waals surface area contributed by atoms with E-state index in [1.807, 2.05) is 19.1 Å². The van der Waals surface area contributed by atoms with E-state index >= 15 is 0 Å². The van der Waals surface area contributed by atoms with Crippen LogP contribution in [-0.4, -0.2) is 31.1 Å². The third kappa shape index (κ3) is 4.34. The molecule has 0 bridgehead atoms. The Hall–Kier alpha value is -2.67. The van der Waals surface area contributed by atoms with Crippen molar-refractivity contribution in [1.29, 1.82) is 0 Å². The Kier molecular flexibility index (Phi) is 6.69. The Morgan fingerprint density at radius 1 is 1.14 bits per heavy atom. The average Bonchev–Trinajstić information content (AvgIpc) is 3.06. The summed E-state index contributed by atoms with van der Waals surface area (Å²) in [6.45, 7) is 5.83. The molecule has 7 heteroatoms. The first kappa shape index (κ1) is 21.0.